The molecule has 0 radical (unpaired) electrons. The van der Waals surface area contributed by atoms with E-state index in [4.69, 9.17) is 4.98 Å². The molecule has 0 saturated heterocycles. The average molecular weight is 552 g/mol. The molecule has 1 unspecified atom stereocenters. The minimum Gasteiger partial charge on any atom is -0.508 e. The maximum Gasteiger partial charge on any atom is 0.226 e. The highest BCUT2D eigenvalue weighted by molar-refractivity contribution is 14.1. The monoisotopic (exact) mass is 552 g/mol. The van der Waals surface area contributed by atoms with E-state index in [1.807, 2.05) is 25.4 Å². The van der Waals surface area contributed by atoms with Crippen LogP contribution in [0.15, 0.2) is 24.5 Å². The van der Waals surface area contributed by atoms with Crippen LogP contribution in [-0.2, 0) is 13.1 Å². The Morgan fingerprint density at radius 1 is 1.19 bits per heavy atom. The Balaban J connectivity index is 1.89. The number of aliphatic hydroxyl groups is 1. The van der Waals surface area contributed by atoms with Gasteiger partial charge in [0, 0.05) is 34.7 Å². The number of aryl methyl sites for hydroxylation is 1. The lowest BCUT2D eigenvalue weighted by molar-refractivity contribution is 0.0303. The number of hydrogen-bond acceptors (Lipinski definition) is 7. The van der Waals surface area contributed by atoms with E-state index in [2.05, 4.69) is 54.7 Å². The lowest BCUT2D eigenvalue weighted by Crippen LogP contribution is -2.33. The maximum absolute atomic E-state index is 10.2. The van der Waals surface area contributed by atoms with Crippen molar-refractivity contribution in [3.8, 4) is 5.75 Å². The summed E-state index contributed by atoms with van der Waals surface area (Å²) in [6.07, 6.45) is 5.17. The van der Waals surface area contributed by atoms with Crippen molar-refractivity contribution in [2.75, 3.05) is 17.2 Å². The van der Waals surface area contributed by atoms with Gasteiger partial charge in [0.05, 0.1) is 11.9 Å². The van der Waals surface area contributed by atoms with E-state index in [1.165, 1.54) is 0 Å². The fourth-order valence-electron chi connectivity index (χ4n) is 3.21. The number of imidazole rings is 1. The molecule has 0 spiro atoms. The molecule has 3 rings (SSSR count). The topological polar surface area (TPSA) is 108 Å². The zero-order valence-electron chi connectivity index (χ0n) is 19.2. The molecule has 9 heteroatoms. The third kappa shape index (κ3) is 6.22. The molecule has 2 aromatic heterocycles. The van der Waals surface area contributed by atoms with E-state index < -0.39 is 5.60 Å². The Morgan fingerprint density at radius 2 is 1.97 bits per heavy atom. The molecule has 0 fully saturated rings. The second-order valence-electron chi connectivity index (χ2n) is 8.78. The molecule has 1 aromatic carbocycles. The number of nitrogens with one attached hydrogen (secondary N) is 2. The first-order chi connectivity index (χ1) is 15.2. The Morgan fingerprint density at radius 3 is 2.69 bits per heavy atom. The molecule has 8 nitrogen and oxygen atoms in total. The number of hydrogen-bond donors (Lipinski definition) is 4. The van der Waals surface area contributed by atoms with Crippen molar-refractivity contribution in [1.82, 2.24) is 19.5 Å². The number of fused-ring (bicyclic) bond motifs is 1. The highest BCUT2D eigenvalue weighted by atomic mass is 127. The Bertz CT molecular complexity index is 1050. The van der Waals surface area contributed by atoms with Crippen molar-refractivity contribution in [1.29, 1.82) is 0 Å². The number of halogens is 1. The number of phenols is 1. The SMILES string of the molecule is CCCCCn1cnc2c(NCc3cc(I)ccc3O)nc(NCC(C)C(C)(C)O)nc21. The molecular weight excluding hydrogens is 519 g/mol. The van der Waals surface area contributed by atoms with Crippen LogP contribution in [0.3, 0.4) is 0 Å². The highest BCUT2D eigenvalue weighted by Crippen LogP contribution is 2.25. The molecule has 4 N–H and O–H groups in total. The zero-order valence-corrected chi connectivity index (χ0v) is 21.3. The minimum absolute atomic E-state index is 0.0102. The Kier molecular flexibility index (Phi) is 8.16. The fraction of sp³-hybridized carbons (Fsp3) is 0.522. The van der Waals surface area contributed by atoms with Crippen molar-refractivity contribution in [2.24, 2.45) is 5.92 Å². The van der Waals surface area contributed by atoms with Crippen molar-refractivity contribution in [3.05, 3.63) is 33.7 Å². The predicted octanol–water partition coefficient (Wildman–Crippen LogP) is 4.76. The van der Waals surface area contributed by atoms with Gasteiger partial charge in [-0.25, -0.2) is 4.98 Å². The van der Waals surface area contributed by atoms with Crippen LogP contribution in [0.1, 0.15) is 52.5 Å². The summed E-state index contributed by atoms with van der Waals surface area (Å²) in [5.41, 5.74) is 1.45. The number of unbranched alkanes of at least 4 members (excludes halogenated alkanes) is 2. The van der Waals surface area contributed by atoms with Crippen molar-refractivity contribution in [3.63, 3.8) is 0 Å². The van der Waals surface area contributed by atoms with Gasteiger partial charge in [0.2, 0.25) is 5.95 Å². The van der Waals surface area contributed by atoms with Gasteiger partial charge in [0.25, 0.3) is 0 Å². The number of phenolic OH excluding ortho intramolecular Hbond substituents is 1. The van der Waals surface area contributed by atoms with Crippen LogP contribution in [0.2, 0.25) is 0 Å². The summed E-state index contributed by atoms with van der Waals surface area (Å²) in [5.74, 6) is 1.35. The summed E-state index contributed by atoms with van der Waals surface area (Å²) in [4.78, 5) is 13.9. The molecule has 174 valence electrons. The number of rotatable bonds is 11. The van der Waals surface area contributed by atoms with Crippen molar-refractivity contribution in [2.45, 2.75) is 65.6 Å². The fourth-order valence-corrected chi connectivity index (χ4v) is 3.77. The van der Waals surface area contributed by atoms with Gasteiger partial charge in [-0.15, -0.1) is 0 Å². The van der Waals surface area contributed by atoms with E-state index in [9.17, 15) is 10.2 Å². The van der Waals surface area contributed by atoms with Crippen LogP contribution in [0.4, 0.5) is 11.8 Å². The molecular formula is C23H33IN6O2. The van der Waals surface area contributed by atoms with E-state index in [0.717, 1.165) is 40.6 Å². The van der Waals surface area contributed by atoms with E-state index in [-0.39, 0.29) is 11.7 Å². The third-order valence-electron chi connectivity index (χ3n) is 5.73. The van der Waals surface area contributed by atoms with Crippen LogP contribution >= 0.6 is 22.6 Å². The van der Waals surface area contributed by atoms with Crippen LogP contribution in [0.25, 0.3) is 11.2 Å². The highest BCUT2D eigenvalue weighted by Gasteiger charge is 2.22. The summed E-state index contributed by atoms with van der Waals surface area (Å²) in [7, 11) is 0. The van der Waals surface area contributed by atoms with E-state index in [0.29, 0.717) is 30.4 Å². The lowest BCUT2D eigenvalue weighted by Gasteiger charge is -2.26. The van der Waals surface area contributed by atoms with Gasteiger partial charge >= 0.3 is 0 Å². The van der Waals surface area contributed by atoms with Gasteiger partial charge in [0.15, 0.2) is 17.0 Å². The molecule has 0 saturated carbocycles. The van der Waals surface area contributed by atoms with Crippen molar-refractivity contribution < 1.29 is 10.2 Å². The number of aromatic nitrogens is 4. The molecule has 0 amide bonds. The number of anilines is 2. The molecule has 0 bridgehead atoms. The second kappa shape index (κ2) is 10.7. The zero-order chi connectivity index (χ0) is 23.3. The number of nitrogens with zero attached hydrogens (tertiary/aromatic N) is 4. The summed E-state index contributed by atoms with van der Waals surface area (Å²) in [6.45, 7) is 9.56. The number of aromatic hydroxyl groups is 1. The Hall–Kier alpha value is -2.14. The van der Waals surface area contributed by atoms with Crippen LogP contribution in [0.5, 0.6) is 5.75 Å². The predicted molar refractivity (Wildman–Crippen MR) is 137 cm³/mol. The van der Waals surface area contributed by atoms with Crippen molar-refractivity contribution >= 4 is 45.5 Å². The van der Waals surface area contributed by atoms with Crippen LogP contribution in [-0.4, -0.2) is 41.9 Å². The smallest absolute Gasteiger partial charge is 0.226 e. The minimum atomic E-state index is -0.803. The molecule has 0 aliphatic carbocycles. The largest absolute Gasteiger partial charge is 0.508 e. The molecule has 0 aliphatic heterocycles. The molecule has 2 heterocycles. The van der Waals surface area contributed by atoms with E-state index in [1.54, 1.807) is 19.9 Å². The van der Waals surface area contributed by atoms with Crippen LogP contribution < -0.4 is 10.6 Å². The first-order valence-corrected chi connectivity index (χ1v) is 12.2. The first-order valence-electron chi connectivity index (χ1n) is 11.1. The first kappa shape index (κ1) is 24.5. The molecule has 3 aromatic rings. The van der Waals surface area contributed by atoms with Gasteiger partial charge in [0.1, 0.15) is 5.75 Å². The standard InChI is InChI=1S/C23H33IN6O2/c1-5-6-7-10-30-14-27-19-20(25-13-16-11-17(24)8-9-18(16)31)28-22(29-21(19)30)26-12-15(2)23(3,4)32/h8-9,11,14-15,31-32H,5-7,10,12-13H2,1-4H3,(H2,25,26,28,29). The second-order valence-corrected chi connectivity index (χ2v) is 10.0. The molecule has 32 heavy (non-hydrogen) atoms. The van der Waals surface area contributed by atoms with Gasteiger partial charge in [-0.2, -0.15) is 9.97 Å². The van der Waals surface area contributed by atoms with Gasteiger partial charge in [-0.05, 0) is 61.1 Å². The molecule has 1 atom stereocenters. The maximum atomic E-state index is 10.2. The summed E-state index contributed by atoms with van der Waals surface area (Å²) >= 11 is 2.23. The number of benzene rings is 1. The Labute approximate surface area is 203 Å². The normalized spacial score (nSPS) is 12.8. The molecule has 0 aliphatic rings. The van der Waals surface area contributed by atoms with Gasteiger partial charge in [-0.1, -0.05) is 26.7 Å². The lowest BCUT2D eigenvalue weighted by atomic mass is 9.93. The van der Waals surface area contributed by atoms with Gasteiger partial charge < -0.3 is 25.4 Å². The third-order valence-corrected chi connectivity index (χ3v) is 6.40. The van der Waals surface area contributed by atoms with Crippen LogP contribution in [0, 0.1) is 9.49 Å². The quantitative estimate of drug-likeness (QED) is 0.201. The summed E-state index contributed by atoms with van der Waals surface area (Å²) < 4.78 is 3.11. The van der Waals surface area contributed by atoms with E-state index >= 15 is 0 Å². The summed E-state index contributed by atoms with van der Waals surface area (Å²) in [5, 5.41) is 27.0. The average Bonchev–Trinajstić information content (AvgIpc) is 3.15. The summed E-state index contributed by atoms with van der Waals surface area (Å²) in [6, 6.07) is 5.50. The van der Waals surface area contributed by atoms with Gasteiger partial charge in [-0.3, -0.25) is 0 Å².